The van der Waals surface area contributed by atoms with Gasteiger partial charge >= 0.3 is 6.09 Å². The number of amides is 1. The van der Waals surface area contributed by atoms with E-state index in [1.54, 1.807) is 19.2 Å². The lowest BCUT2D eigenvalue weighted by Crippen LogP contribution is -2.44. The Morgan fingerprint density at radius 1 is 1.40 bits per heavy atom. The van der Waals surface area contributed by atoms with Crippen LogP contribution in [0, 0.1) is 0 Å². The number of alkyl halides is 2. The summed E-state index contributed by atoms with van der Waals surface area (Å²) in [4.78, 5) is 9.44. The van der Waals surface area contributed by atoms with Crippen molar-refractivity contribution >= 4 is 29.3 Å². The number of nitrogens with one attached hydrogen (secondary N) is 1. The van der Waals surface area contributed by atoms with Gasteiger partial charge in [0.05, 0.1) is 19.6 Å². The average molecular weight is 322 g/mol. The molecule has 0 fully saturated rings. The Labute approximate surface area is 127 Å². The molecule has 112 valence electrons. The first kappa shape index (κ1) is 16.7. The van der Waals surface area contributed by atoms with Crippen LogP contribution in [0.15, 0.2) is 24.3 Å². The van der Waals surface area contributed by atoms with Crippen LogP contribution in [0.5, 0.6) is 11.5 Å². The molecule has 20 heavy (non-hydrogen) atoms. The van der Waals surface area contributed by atoms with E-state index in [4.69, 9.17) is 37.8 Å². The lowest BCUT2D eigenvalue weighted by Gasteiger charge is -2.24. The number of benzene rings is 1. The molecule has 0 spiro atoms. The van der Waals surface area contributed by atoms with Gasteiger partial charge in [0.2, 0.25) is 0 Å². The van der Waals surface area contributed by atoms with Gasteiger partial charge in [0.1, 0.15) is 5.00 Å². The molecule has 0 bridgehead atoms. The summed E-state index contributed by atoms with van der Waals surface area (Å²) in [7, 11) is 1.57. The molecule has 1 unspecified atom stereocenters. The van der Waals surface area contributed by atoms with Gasteiger partial charge in [-0.05, 0) is 25.0 Å². The number of halogens is 2. The number of rotatable bonds is 8. The van der Waals surface area contributed by atoms with Gasteiger partial charge in [0.15, 0.2) is 11.5 Å². The van der Waals surface area contributed by atoms with Crippen LogP contribution >= 0.6 is 23.2 Å². The molecule has 1 aromatic carbocycles. The smallest absolute Gasteiger partial charge is 0.406 e. The normalized spacial score (nSPS) is 13.3. The Morgan fingerprint density at radius 2 is 2.05 bits per heavy atom. The molecule has 0 saturated heterocycles. The van der Waals surface area contributed by atoms with Gasteiger partial charge < -0.3 is 19.9 Å². The molecule has 0 heterocycles. The molecule has 0 radical (unpaired) electrons. The van der Waals surface area contributed by atoms with Gasteiger partial charge in [-0.15, -0.1) is 11.6 Å². The van der Waals surface area contributed by atoms with Crippen LogP contribution < -0.4 is 14.8 Å². The summed E-state index contributed by atoms with van der Waals surface area (Å²) >= 11 is 11.7. The van der Waals surface area contributed by atoms with Crippen molar-refractivity contribution < 1.29 is 19.4 Å². The Bertz CT molecular complexity index is 444. The second-order valence-electron chi connectivity index (χ2n) is 4.13. The average Bonchev–Trinajstić information content (AvgIpc) is 2.43. The molecule has 0 aliphatic carbocycles. The SMILES string of the molecule is COc1ccccc1OCCCC(Cl)(CCl)NC(=O)O. The first-order valence-corrected chi connectivity index (χ1v) is 6.94. The summed E-state index contributed by atoms with van der Waals surface area (Å²) in [5, 5.41) is 10.9. The number of hydrogen-bond acceptors (Lipinski definition) is 3. The standard InChI is InChI=1S/C13H17Cl2NO4/c1-19-10-5-2-3-6-11(10)20-8-4-7-13(15,9-14)16-12(17)18/h2-3,5-6,16H,4,7-9H2,1H3,(H,17,18). The van der Waals surface area contributed by atoms with Crippen molar-refractivity contribution in [2.24, 2.45) is 0 Å². The molecule has 5 nitrogen and oxygen atoms in total. The van der Waals surface area contributed by atoms with Gasteiger partial charge in [0.25, 0.3) is 0 Å². The maximum absolute atomic E-state index is 10.6. The van der Waals surface area contributed by atoms with Crippen molar-refractivity contribution in [1.29, 1.82) is 0 Å². The second-order valence-corrected chi connectivity index (χ2v) is 5.12. The van der Waals surface area contributed by atoms with Gasteiger partial charge in [-0.1, -0.05) is 23.7 Å². The van der Waals surface area contributed by atoms with Crippen molar-refractivity contribution in [2.75, 3.05) is 19.6 Å². The van der Waals surface area contributed by atoms with Crippen molar-refractivity contribution in [1.82, 2.24) is 5.32 Å². The van der Waals surface area contributed by atoms with Gasteiger partial charge in [-0.2, -0.15) is 0 Å². The number of methoxy groups -OCH3 is 1. The van der Waals surface area contributed by atoms with Crippen molar-refractivity contribution in [3.63, 3.8) is 0 Å². The molecule has 1 amide bonds. The maximum Gasteiger partial charge on any atom is 0.406 e. The molecule has 2 N–H and O–H groups in total. The molecule has 0 aliphatic heterocycles. The van der Waals surface area contributed by atoms with Gasteiger partial charge in [-0.25, -0.2) is 4.79 Å². The molecule has 0 aromatic heterocycles. The minimum absolute atomic E-state index is 0.0183. The fourth-order valence-electron chi connectivity index (χ4n) is 1.63. The lowest BCUT2D eigenvalue weighted by atomic mass is 10.2. The Balaban J connectivity index is 2.42. The zero-order valence-electron chi connectivity index (χ0n) is 11.1. The zero-order valence-corrected chi connectivity index (χ0v) is 12.6. The van der Waals surface area contributed by atoms with Crippen LogP contribution in [0.25, 0.3) is 0 Å². The van der Waals surface area contributed by atoms with Crippen LogP contribution in [0.1, 0.15) is 12.8 Å². The summed E-state index contributed by atoms with van der Waals surface area (Å²) in [5.74, 6) is 1.26. The molecule has 1 rings (SSSR count). The fraction of sp³-hybridized carbons (Fsp3) is 0.462. The monoisotopic (exact) mass is 321 g/mol. The molecule has 1 aromatic rings. The van der Waals surface area contributed by atoms with Crippen LogP contribution in [0.3, 0.4) is 0 Å². The van der Waals surface area contributed by atoms with E-state index in [-0.39, 0.29) is 5.88 Å². The highest BCUT2D eigenvalue weighted by Crippen LogP contribution is 2.26. The van der Waals surface area contributed by atoms with E-state index in [0.29, 0.717) is 30.9 Å². The Morgan fingerprint density at radius 3 is 2.60 bits per heavy atom. The highest BCUT2D eigenvalue weighted by Gasteiger charge is 2.27. The Kier molecular flexibility index (Phi) is 6.75. The third-order valence-corrected chi connectivity index (χ3v) is 3.60. The van der Waals surface area contributed by atoms with Crippen molar-refractivity contribution in [2.45, 2.75) is 17.8 Å². The largest absolute Gasteiger partial charge is 0.493 e. The van der Waals surface area contributed by atoms with Crippen LogP contribution in [0.2, 0.25) is 0 Å². The molecular weight excluding hydrogens is 305 g/mol. The Hall–Kier alpha value is -1.33. The molecule has 1 atom stereocenters. The zero-order chi connectivity index (χ0) is 15.0. The molecular formula is C13H17Cl2NO4. The number of ether oxygens (including phenoxy) is 2. The second kappa shape index (κ2) is 8.07. The predicted octanol–water partition coefficient (Wildman–Crippen LogP) is 3.30. The van der Waals surface area contributed by atoms with E-state index >= 15 is 0 Å². The summed E-state index contributed by atoms with van der Waals surface area (Å²) in [5.41, 5.74) is 0. The minimum Gasteiger partial charge on any atom is -0.493 e. The first-order valence-electron chi connectivity index (χ1n) is 6.02. The van der Waals surface area contributed by atoms with E-state index < -0.39 is 11.1 Å². The van der Waals surface area contributed by atoms with E-state index in [1.807, 2.05) is 12.1 Å². The predicted molar refractivity (Wildman–Crippen MR) is 78.2 cm³/mol. The highest BCUT2D eigenvalue weighted by atomic mass is 35.5. The topological polar surface area (TPSA) is 67.8 Å². The lowest BCUT2D eigenvalue weighted by molar-refractivity contribution is 0.186. The van der Waals surface area contributed by atoms with Crippen LogP contribution in [-0.2, 0) is 0 Å². The van der Waals surface area contributed by atoms with Gasteiger partial charge in [-0.3, -0.25) is 0 Å². The first-order chi connectivity index (χ1) is 9.50. The molecule has 0 saturated carbocycles. The summed E-state index contributed by atoms with van der Waals surface area (Å²) in [6.45, 7) is 0.382. The highest BCUT2D eigenvalue weighted by molar-refractivity contribution is 6.31. The molecule has 0 aliphatic rings. The van der Waals surface area contributed by atoms with Crippen molar-refractivity contribution in [3.8, 4) is 11.5 Å². The maximum atomic E-state index is 10.6. The molecule has 7 heteroatoms. The number of hydrogen-bond donors (Lipinski definition) is 2. The van der Waals surface area contributed by atoms with Crippen LogP contribution in [-0.4, -0.2) is 35.8 Å². The minimum atomic E-state index is -1.20. The van der Waals surface area contributed by atoms with Crippen LogP contribution in [0.4, 0.5) is 4.79 Å². The van der Waals surface area contributed by atoms with Gasteiger partial charge in [0, 0.05) is 0 Å². The summed E-state index contributed by atoms with van der Waals surface area (Å²) in [6.07, 6.45) is -0.292. The number of carboxylic acid groups (broad SMARTS) is 1. The van der Waals surface area contributed by atoms with E-state index in [0.717, 1.165) is 0 Å². The summed E-state index contributed by atoms with van der Waals surface area (Å²) in [6, 6.07) is 7.28. The number of carbonyl (C=O) groups is 1. The van der Waals surface area contributed by atoms with E-state index in [9.17, 15) is 4.79 Å². The fourth-order valence-corrected chi connectivity index (χ4v) is 2.04. The summed E-state index contributed by atoms with van der Waals surface area (Å²) < 4.78 is 10.7. The van der Waals surface area contributed by atoms with E-state index in [2.05, 4.69) is 5.32 Å². The van der Waals surface area contributed by atoms with Crippen molar-refractivity contribution in [3.05, 3.63) is 24.3 Å². The third kappa shape index (κ3) is 5.35. The van der Waals surface area contributed by atoms with E-state index in [1.165, 1.54) is 0 Å². The quantitative estimate of drug-likeness (QED) is 0.438. The third-order valence-electron chi connectivity index (χ3n) is 2.59. The number of para-hydroxylation sites is 2.